The van der Waals surface area contributed by atoms with Crippen LogP contribution in [0.2, 0.25) is 0 Å². The van der Waals surface area contributed by atoms with Crippen LogP contribution in [0.15, 0.2) is 36.0 Å². The van der Waals surface area contributed by atoms with E-state index in [2.05, 4.69) is 20.6 Å². The third-order valence-corrected chi connectivity index (χ3v) is 7.27. The molecule has 0 aliphatic carbocycles. The van der Waals surface area contributed by atoms with Gasteiger partial charge in [0.2, 0.25) is 5.91 Å². The van der Waals surface area contributed by atoms with Crippen molar-refractivity contribution in [2.75, 3.05) is 19.7 Å². The molecule has 0 unspecified atom stereocenters. The molecule has 1 aromatic carbocycles. The maximum absolute atomic E-state index is 13.1. The zero-order valence-electron chi connectivity index (χ0n) is 19.6. The van der Waals surface area contributed by atoms with Gasteiger partial charge in [-0.05, 0) is 31.5 Å². The summed E-state index contributed by atoms with van der Waals surface area (Å²) in [6.07, 6.45) is 3.30. The van der Waals surface area contributed by atoms with Gasteiger partial charge >= 0.3 is 0 Å². The van der Waals surface area contributed by atoms with Gasteiger partial charge in [-0.15, -0.1) is 16.4 Å². The van der Waals surface area contributed by atoms with E-state index in [1.54, 1.807) is 44.6 Å². The lowest BCUT2D eigenvalue weighted by atomic mass is 10.1. The summed E-state index contributed by atoms with van der Waals surface area (Å²) in [5.41, 5.74) is 3.99. The summed E-state index contributed by atoms with van der Waals surface area (Å²) in [4.78, 5) is 33.2. The molecule has 0 saturated carbocycles. The number of likely N-dealkylation sites (tertiary alicyclic amines) is 1. The average Bonchev–Trinajstić information content (AvgIpc) is 3.59. The molecule has 2 aliphatic heterocycles. The predicted octanol–water partition coefficient (Wildman–Crippen LogP) is 1.98. The van der Waals surface area contributed by atoms with Crippen molar-refractivity contribution in [1.82, 2.24) is 30.2 Å². The first-order valence-corrected chi connectivity index (χ1v) is 12.6. The van der Waals surface area contributed by atoms with Gasteiger partial charge in [-0.2, -0.15) is 0 Å². The molecule has 1 N–H and O–H groups in total. The number of carbonyl (C=O) groups excluding carboxylic acids is 2. The number of benzene rings is 1. The van der Waals surface area contributed by atoms with Crippen LogP contribution in [-0.2, 0) is 29.1 Å². The van der Waals surface area contributed by atoms with Crippen molar-refractivity contribution in [3.05, 3.63) is 57.8 Å². The number of amides is 2. The normalized spacial score (nSPS) is 20.7. The monoisotopic (exact) mass is 496 g/mol. The van der Waals surface area contributed by atoms with Gasteiger partial charge in [0.25, 0.3) is 5.91 Å². The van der Waals surface area contributed by atoms with E-state index in [1.807, 2.05) is 19.2 Å². The number of fused-ring (bicyclic) bond motifs is 5. The predicted molar refractivity (Wildman–Crippen MR) is 128 cm³/mol. The van der Waals surface area contributed by atoms with Gasteiger partial charge in [0.15, 0.2) is 0 Å². The van der Waals surface area contributed by atoms with Crippen LogP contribution in [0.1, 0.15) is 39.5 Å². The van der Waals surface area contributed by atoms with E-state index >= 15 is 0 Å². The Labute approximate surface area is 207 Å². The maximum Gasteiger partial charge on any atom is 0.251 e. The summed E-state index contributed by atoms with van der Waals surface area (Å²) in [5, 5.41) is 11.4. The van der Waals surface area contributed by atoms with E-state index in [9.17, 15) is 9.59 Å². The molecule has 2 amide bonds. The number of aryl methyl sites for hydroxylation is 3. The van der Waals surface area contributed by atoms with Crippen LogP contribution in [0.3, 0.4) is 0 Å². The maximum atomic E-state index is 13.1. The molecule has 2 aromatic heterocycles. The van der Waals surface area contributed by atoms with Gasteiger partial charge in [0.1, 0.15) is 11.4 Å². The first kappa shape index (κ1) is 23.4. The van der Waals surface area contributed by atoms with E-state index in [4.69, 9.17) is 9.47 Å². The zero-order valence-corrected chi connectivity index (χ0v) is 20.4. The Morgan fingerprint density at radius 2 is 2.23 bits per heavy atom. The smallest absolute Gasteiger partial charge is 0.251 e. The molecule has 0 spiro atoms. The minimum absolute atomic E-state index is 0.0374. The molecule has 4 heterocycles. The first-order valence-electron chi connectivity index (χ1n) is 11.8. The van der Waals surface area contributed by atoms with Crippen molar-refractivity contribution < 1.29 is 19.1 Å². The van der Waals surface area contributed by atoms with Crippen molar-refractivity contribution in [3.8, 4) is 5.75 Å². The lowest BCUT2D eigenvalue weighted by molar-refractivity contribution is -0.130. The van der Waals surface area contributed by atoms with Gasteiger partial charge in [0, 0.05) is 42.9 Å². The molecule has 3 aromatic rings. The number of thiazole rings is 1. The van der Waals surface area contributed by atoms with Crippen molar-refractivity contribution in [2.45, 2.75) is 51.5 Å². The van der Waals surface area contributed by atoms with Crippen molar-refractivity contribution in [1.29, 1.82) is 0 Å². The Hall–Kier alpha value is -3.31. The van der Waals surface area contributed by atoms with Crippen LogP contribution in [-0.4, -0.2) is 68.5 Å². The lowest BCUT2D eigenvalue weighted by Gasteiger charge is -2.20. The summed E-state index contributed by atoms with van der Waals surface area (Å²) in [6, 6.07) is 6.78. The van der Waals surface area contributed by atoms with Crippen molar-refractivity contribution >= 4 is 23.2 Å². The van der Waals surface area contributed by atoms with Crippen molar-refractivity contribution in [2.24, 2.45) is 0 Å². The molecular formula is C24H28N6O4S. The lowest BCUT2D eigenvalue weighted by Crippen LogP contribution is -2.44. The Morgan fingerprint density at radius 3 is 3.09 bits per heavy atom. The molecule has 4 bridgehead atoms. The van der Waals surface area contributed by atoms with E-state index in [-0.39, 0.29) is 30.6 Å². The Balaban J connectivity index is 1.31. The number of ether oxygens (including phenoxy) is 2. The molecule has 35 heavy (non-hydrogen) atoms. The minimum Gasteiger partial charge on any atom is -0.494 e. The second-order valence-electron chi connectivity index (χ2n) is 8.79. The van der Waals surface area contributed by atoms with Gasteiger partial charge in [-0.3, -0.25) is 14.3 Å². The molecular weight excluding hydrogens is 468 g/mol. The Bertz CT molecular complexity index is 1190. The van der Waals surface area contributed by atoms with E-state index in [0.29, 0.717) is 56.1 Å². The second-order valence-corrected chi connectivity index (χ2v) is 9.73. The summed E-state index contributed by atoms with van der Waals surface area (Å²) in [5.74, 6) is 0.454. The standard InChI is InChI=1S/C24H28N6O4S/c1-16-22(35-15-25-16)6-7-23(31)29-12-20-21(13-29)34-14-18-11-30(28-27-18)8-3-9-33-19-5-2-4-17(10-19)24(32)26-20/h2,4-5,10-11,15,20-21H,3,6-9,12-14H2,1H3,(H,26,32)/t20-,21-/m0/s1. The molecule has 184 valence electrons. The zero-order chi connectivity index (χ0) is 24.2. The number of nitrogens with one attached hydrogen (secondary N) is 1. The van der Waals surface area contributed by atoms with Crippen LogP contribution in [0.4, 0.5) is 0 Å². The largest absolute Gasteiger partial charge is 0.494 e. The van der Waals surface area contributed by atoms with Crippen LogP contribution in [0, 0.1) is 6.92 Å². The third kappa shape index (κ3) is 5.68. The fourth-order valence-electron chi connectivity index (χ4n) is 4.33. The third-order valence-electron chi connectivity index (χ3n) is 6.27. The SMILES string of the molecule is Cc1ncsc1CCC(=O)N1C[C@@H]2NC(=O)c3cccc(c3)OCCCn3cc(nn3)CO[C@H]2C1. The van der Waals surface area contributed by atoms with Crippen LogP contribution < -0.4 is 10.1 Å². The fraction of sp³-hybridized carbons (Fsp3) is 0.458. The topological polar surface area (TPSA) is 111 Å². The second kappa shape index (κ2) is 10.5. The summed E-state index contributed by atoms with van der Waals surface area (Å²) >= 11 is 1.57. The van der Waals surface area contributed by atoms with E-state index in [1.165, 1.54) is 0 Å². The molecule has 1 fully saturated rings. The Morgan fingerprint density at radius 1 is 1.31 bits per heavy atom. The van der Waals surface area contributed by atoms with Gasteiger partial charge < -0.3 is 19.7 Å². The van der Waals surface area contributed by atoms with Crippen LogP contribution >= 0.6 is 11.3 Å². The number of nitrogens with zero attached hydrogens (tertiary/aromatic N) is 5. The fourth-order valence-corrected chi connectivity index (χ4v) is 5.11. The molecule has 2 atom stereocenters. The highest BCUT2D eigenvalue weighted by Gasteiger charge is 2.37. The number of hydrogen-bond acceptors (Lipinski definition) is 8. The molecule has 0 radical (unpaired) electrons. The minimum atomic E-state index is -0.356. The summed E-state index contributed by atoms with van der Waals surface area (Å²) in [6.45, 7) is 4.17. The van der Waals surface area contributed by atoms with Gasteiger partial charge in [0.05, 0.1) is 42.8 Å². The highest BCUT2D eigenvalue weighted by Crippen LogP contribution is 2.21. The quantitative estimate of drug-likeness (QED) is 0.590. The molecule has 1 saturated heterocycles. The number of aromatic nitrogens is 4. The Kier molecular flexibility index (Phi) is 7.05. The molecule has 10 nitrogen and oxygen atoms in total. The van der Waals surface area contributed by atoms with Crippen LogP contribution in [0.5, 0.6) is 5.75 Å². The van der Waals surface area contributed by atoms with Gasteiger partial charge in [-0.1, -0.05) is 11.3 Å². The number of rotatable bonds is 3. The highest BCUT2D eigenvalue weighted by atomic mass is 32.1. The highest BCUT2D eigenvalue weighted by molar-refractivity contribution is 7.09. The number of hydrogen-bond donors (Lipinski definition) is 1. The summed E-state index contributed by atoms with van der Waals surface area (Å²) in [7, 11) is 0. The molecule has 5 rings (SSSR count). The average molecular weight is 497 g/mol. The number of carbonyl (C=O) groups is 2. The van der Waals surface area contributed by atoms with E-state index < -0.39 is 0 Å². The molecule has 11 heteroatoms. The van der Waals surface area contributed by atoms with Crippen molar-refractivity contribution in [3.63, 3.8) is 0 Å². The first-order chi connectivity index (χ1) is 17.0. The van der Waals surface area contributed by atoms with Crippen LogP contribution in [0.25, 0.3) is 0 Å². The van der Waals surface area contributed by atoms with Gasteiger partial charge in [-0.25, -0.2) is 4.98 Å². The molecule has 2 aliphatic rings. The van der Waals surface area contributed by atoms with E-state index in [0.717, 1.165) is 17.0 Å². The summed E-state index contributed by atoms with van der Waals surface area (Å²) < 4.78 is 13.8.